The smallest absolute Gasteiger partial charge is 0.244 e. The van der Waals surface area contributed by atoms with Gasteiger partial charge in [-0.15, -0.1) is 0 Å². The Morgan fingerprint density at radius 3 is 2.55 bits per heavy atom. The molecule has 0 bridgehead atoms. The van der Waals surface area contributed by atoms with E-state index in [-0.39, 0.29) is 40.9 Å². The lowest BCUT2D eigenvalue weighted by Crippen LogP contribution is -2.43. The molecule has 4 rings (SSSR count). The van der Waals surface area contributed by atoms with Gasteiger partial charge >= 0.3 is 0 Å². The van der Waals surface area contributed by atoms with Gasteiger partial charge < -0.3 is 9.73 Å². The minimum Gasteiger partial charge on any atom is -0.459 e. The number of amides is 1. The highest BCUT2D eigenvalue weighted by atomic mass is 35.5. The normalized spacial score (nSPS) is 17.0. The lowest BCUT2D eigenvalue weighted by atomic mass is 9.97. The van der Waals surface area contributed by atoms with E-state index in [9.17, 15) is 13.2 Å². The van der Waals surface area contributed by atoms with E-state index >= 15 is 0 Å². The maximum atomic E-state index is 13.0. The van der Waals surface area contributed by atoms with Gasteiger partial charge in [0.25, 0.3) is 0 Å². The van der Waals surface area contributed by atoms with Gasteiger partial charge in [0.05, 0.1) is 11.1 Å². The number of rotatable bonds is 5. The molecule has 0 spiro atoms. The van der Waals surface area contributed by atoms with Crippen molar-refractivity contribution in [2.45, 2.75) is 30.7 Å². The SMILES string of the molecule is CC(NC(=O)C1CCN(S(=O)(=O)c2cc(Cl)ccc2Cl)CC1)c1cc2ccccc2o1. The van der Waals surface area contributed by atoms with E-state index in [1.165, 1.54) is 16.4 Å². The van der Waals surface area contributed by atoms with Crippen LogP contribution < -0.4 is 5.32 Å². The molecule has 2 heterocycles. The zero-order chi connectivity index (χ0) is 22.2. The van der Waals surface area contributed by atoms with Gasteiger partial charge in [-0.2, -0.15) is 4.31 Å². The first-order valence-corrected chi connectivity index (χ1v) is 12.2. The summed E-state index contributed by atoms with van der Waals surface area (Å²) in [4.78, 5) is 12.8. The molecule has 0 radical (unpaired) electrons. The molecule has 1 fully saturated rings. The largest absolute Gasteiger partial charge is 0.459 e. The molecule has 1 N–H and O–H groups in total. The van der Waals surface area contributed by atoms with E-state index in [4.69, 9.17) is 27.6 Å². The van der Waals surface area contributed by atoms with Crippen LogP contribution in [0.5, 0.6) is 0 Å². The molecule has 1 aliphatic rings. The molecule has 2 aromatic carbocycles. The van der Waals surface area contributed by atoms with Crippen LogP contribution in [-0.4, -0.2) is 31.7 Å². The number of hydrogen-bond donors (Lipinski definition) is 1. The van der Waals surface area contributed by atoms with Crippen LogP contribution >= 0.6 is 23.2 Å². The van der Waals surface area contributed by atoms with Gasteiger partial charge in [-0.3, -0.25) is 4.79 Å². The summed E-state index contributed by atoms with van der Waals surface area (Å²) in [6.45, 7) is 2.35. The van der Waals surface area contributed by atoms with Crippen LogP contribution in [0.1, 0.15) is 31.6 Å². The second-order valence-electron chi connectivity index (χ2n) is 7.67. The monoisotopic (exact) mass is 480 g/mol. The zero-order valence-electron chi connectivity index (χ0n) is 16.8. The second kappa shape index (κ2) is 8.82. The van der Waals surface area contributed by atoms with Gasteiger partial charge in [-0.05, 0) is 50.1 Å². The Bertz CT molecular complexity index is 1180. The lowest BCUT2D eigenvalue weighted by molar-refractivity contribution is -0.126. The molecule has 1 amide bonds. The number of sulfonamides is 1. The Morgan fingerprint density at radius 1 is 1.13 bits per heavy atom. The fourth-order valence-electron chi connectivity index (χ4n) is 3.79. The van der Waals surface area contributed by atoms with E-state index in [2.05, 4.69) is 5.32 Å². The number of halogens is 2. The van der Waals surface area contributed by atoms with Crippen LogP contribution in [0.15, 0.2) is 57.8 Å². The van der Waals surface area contributed by atoms with E-state index in [0.717, 1.165) is 11.0 Å². The molecule has 9 heteroatoms. The summed E-state index contributed by atoms with van der Waals surface area (Å²) in [5.41, 5.74) is 0.775. The molecule has 1 atom stereocenters. The van der Waals surface area contributed by atoms with Crippen molar-refractivity contribution in [1.82, 2.24) is 9.62 Å². The number of nitrogens with zero attached hydrogens (tertiary/aromatic N) is 1. The molecule has 164 valence electrons. The number of hydrogen-bond acceptors (Lipinski definition) is 4. The topological polar surface area (TPSA) is 79.6 Å². The Morgan fingerprint density at radius 2 is 1.84 bits per heavy atom. The Labute approximate surface area is 191 Å². The number of benzene rings is 2. The molecule has 31 heavy (non-hydrogen) atoms. The first-order chi connectivity index (χ1) is 14.8. The molecule has 0 saturated carbocycles. The zero-order valence-corrected chi connectivity index (χ0v) is 19.2. The second-order valence-corrected chi connectivity index (χ2v) is 10.4. The van der Waals surface area contributed by atoms with E-state index in [0.29, 0.717) is 23.6 Å². The van der Waals surface area contributed by atoms with Crippen LogP contribution in [-0.2, 0) is 14.8 Å². The maximum Gasteiger partial charge on any atom is 0.244 e. The number of piperidine rings is 1. The van der Waals surface area contributed by atoms with E-state index in [1.807, 2.05) is 37.3 Å². The Balaban J connectivity index is 1.39. The molecular formula is C22H22Cl2N2O4S. The third-order valence-electron chi connectivity index (χ3n) is 5.57. The first kappa shape index (κ1) is 22.1. The fraction of sp³-hybridized carbons (Fsp3) is 0.318. The van der Waals surface area contributed by atoms with E-state index < -0.39 is 10.0 Å². The van der Waals surface area contributed by atoms with Crippen molar-refractivity contribution in [2.24, 2.45) is 5.92 Å². The van der Waals surface area contributed by atoms with Gasteiger partial charge in [0, 0.05) is 29.4 Å². The summed E-state index contributed by atoms with van der Waals surface area (Å²) in [5.74, 6) is 0.309. The van der Waals surface area contributed by atoms with Crippen molar-refractivity contribution in [1.29, 1.82) is 0 Å². The Kier molecular flexibility index (Phi) is 6.30. The minimum absolute atomic E-state index is 0.0110. The van der Waals surface area contributed by atoms with Crippen molar-refractivity contribution in [2.75, 3.05) is 13.1 Å². The van der Waals surface area contributed by atoms with E-state index in [1.54, 1.807) is 6.07 Å². The fourth-order valence-corrected chi connectivity index (χ4v) is 6.00. The quantitative estimate of drug-likeness (QED) is 0.555. The number of nitrogens with one attached hydrogen (secondary N) is 1. The summed E-state index contributed by atoms with van der Waals surface area (Å²) in [6.07, 6.45) is 0.853. The van der Waals surface area contributed by atoms with Gasteiger partial charge in [-0.1, -0.05) is 41.4 Å². The van der Waals surface area contributed by atoms with Crippen LogP contribution in [0.25, 0.3) is 11.0 Å². The summed E-state index contributed by atoms with van der Waals surface area (Å²) in [6, 6.07) is 13.7. The maximum absolute atomic E-state index is 13.0. The molecule has 1 aliphatic heterocycles. The van der Waals surface area contributed by atoms with Gasteiger partial charge in [-0.25, -0.2) is 8.42 Å². The molecular weight excluding hydrogens is 459 g/mol. The highest BCUT2D eigenvalue weighted by Gasteiger charge is 2.33. The summed E-state index contributed by atoms with van der Waals surface area (Å²) >= 11 is 12.0. The molecule has 0 aliphatic carbocycles. The molecule has 1 aromatic heterocycles. The summed E-state index contributed by atoms with van der Waals surface area (Å²) < 4.78 is 33.1. The Hall–Kier alpha value is -2.06. The van der Waals surface area contributed by atoms with Crippen LogP contribution in [0.3, 0.4) is 0 Å². The molecule has 1 saturated heterocycles. The highest BCUT2D eigenvalue weighted by molar-refractivity contribution is 7.89. The standard InChI is InChI=1S/C22H22Cl2N2O4S/c1-14(20-12-16-4-2-3-5-19(16)30-20)25-22(27)15-8-10-26(11-9-15)31(28,29)21-13-17(23)6-7-18(21)24/h2-7,12-15H,8-11H2,1H3,(H,25,27). The van der Waals surface area contributed by atoms with Crippen LogP contribution in [0, 0.1) is 5.92 Å². The predicted molar refractivity (Wildman–Crippen MR) is 121 cm³/mol. The van der Waals surface area contributed by atoms with Crippen molar-refractivity contribution >= 4 is 50.1 Å². The summed E-state index contributed by atoms with van der Waals surface area (Å²) in [7, 11) is -3.77. The third kappa shape index (κ3) is 4.60. The number of furan rings is 1. The van der Waals surface area contributed by atoms with Gasteiger partial charge in [0.2, 0.25) is 15.9 Å². The third-order valence-corrected chi connectivity index (χ3v) is 8.18. The first-order valence-electron chi connectivity index (χ1n) is 10.00. The van der Waals surface area contributed by atoms with Crippen molar-refractivity contribution in [3.8, 4) is 0 Å². The minimum atomic E-state index is -3.77. The van der Waals surface area contributed by atoms with Crippen molar-refractivity contribution in [3.63, 3.8) is 0 Å². The lowest BCUT2D eigenvalue weighted by Gasteiger charge is -2.31. The number of carbonyl (C=O) groups is 1. The highest BCUT2D eigenvalue weighted by Crippen LogP contribution is 2.31. The van der Waals surface area contributed by atoms with Crippen molar-refractivity contribution in [3.05, 3.63) is 64.3 Å². The van der Waals surface area contributed by atoms with Gasteiger partial charge in [0.15, 0.2) is 0 Å². The van der Waals surface area contributed by atoms with Crippen molar-refractivity contribution < 1.29 is 17.6 Å². The van der Waals surface area contributed by atoms with Crippen LogP contribution in [0.2, 0.25) is 10.0 Å². The molecule has 3 aromatic rings. The predicted octanol–water partition coefficient (Wildman–Crippen LogP) is 5.02. The molecule has 1 unspecified atom stereocenters. The average molecular weight is 481 g/mol. The number of carbonyl (C=O) groups excluding carboxylic acids is 1. The number of para-hydroxylation sites is 1. The average Bonchev–Trinajstić information content (AvgIpc) is 3.20. The number of fused-ring (bicyclic) bond motifs is 1. The van der Waals surface area contributed by atoms with Gasteiger partial charge in [0.1, 0.15) is 16.2 Å². The summed E-state index contributed by atoms with van der Waals surface area (Å²) in [5, 5.41) is 4.40. The van der Waals surface area contributed by atoms with Crippen LogP contribution in [0.4, 0.5) is 0 Å². The molecule has 6 nitrogen and oxygen atoms in total.